The number of fused-ring (bicyclic) bond motifs is 1. The second-order valence-electron chi connectivity index (χ2n) is 11.0. The average Bonchev–Trinajstić information content (AvgIpc) is 2.90. The van der Waals surface area contributed by atoms with E-state index in [1.54, 1.807) is 37.5 Å². The summed E-state index contributed by atoms with van der Waals surface area (Å²) in [4.78, 5) is 12.8. The Morgan fingerprint density at radius 3 is 2.70 bits per heavy atom. The van der Waals surface area contributed by atoms with Crippen LogP contribution < -0.4 is 10.5 Å². The van der Waals surface area contributed by atoms with Crippen LogP contribution in [0.15, 0.2) is 35.5 Å². The van der Waals surface area contributed by atoms with E-state index in [4.69, 9.17) is 15.2 Å². The predicted octanol–water partition coefficient (Wildman–Crippen LogP) is 4.79. The Hall–Kier alpha value is -2.76. The lowest BCUT2D eigenvalue weighted by atomic mass is 9.83. The Balaban J connectivity index is 1.39. The molecule has 2 saturated heterocycles. The van der Waals surface area contributed by atoms with Crippen molar-refractivity contribution in [2.75, 3.05) is 51.8 Å². The van der Waals surface area contributed by atoms with Gasteiger partial charge in [-0.1, -0.05) is 6.07 Å². The molecule has 4 heterocycles. The Morgan fingerprint density at radius 2 is 2.02 bits per heavy atom. The zero-order chi connectivity index (χ0) is 28.3. The molecular formula is C29H37F4N5O2. The summed E-state index contributed by atoms with van der Waals surface area (Å²) in [5, 5.41) is 0. The van der Waals surface area contributed by atoms with E-state index < -0.39 is 24.8 Å². The van der Waals surface area contributed by atoms with Gasteiger partial charge in [-0.3, -0.25) is 24.2 Å². The van der Waals surface area contributed by atoms with Crippen molar-refractivity contribution in [3.8, 4) is 5.75 Å². The first-order chi connectivity index (χ1) is 19.2. The minimum atomic E-state index is -4.37. The van der Waals surface area contributed by atoms with Crippen LogP contribution in [0.4, 0.5) is 23.2 Å². The number of hydrogen-bond acceptors (Lipinski definition) is 7. The molecule has 0 saturated carbocycles. The minimum absolute atomic E-state index is 0.115. The summed E-state index contributed by atoms with van der Waals surface area (Å²) in [6.07, 6.45) is 1.97. The Morgan fingerprint density at radius 1 is 1.20 bits per heavy atom. The number of nitrogen functional groups attached to an aromatic ring is 1. The van der Waals surface area contributed by atoms with Gasteiger partial charge in [-0.15, -0.1) is 0 Å². The van der Waals surface area contributed by atoms with Crippen molar-refractivity contribution in [1.29, 1.82) is 0 Å². The van der Waals surface area contributed by atoms with E-state index in [1.807, 2.05) is 6.07 Å². The van der Waals surface area contributed by atoms with Gasteiger partial charge in [0.25, 0.3) is 0 Å². The molecule has 3 atom stereocenters. The Kier molecular flexibility index (Phi) is 8.92. The molecule has 0 radical (unpaired) electrons. The summed E-state index contributed by atoms with van der Waals surface area (Å²) in [6, 6.07) is 5.88. The molecule has 2 fully saturated rings. The number of rotatable bonds is 9. The highest BCUT2D eigenvalue weighted by Gasteiger charge is 2.41. The normalized spacial score (nSPS) is 24.7. The van der Waals surface area contributed by atoms with E-state index in [-0.39, 0.29) is 18.8 Å². The number of nitrogens with zero attached hydrogens (tertiary/aromatic N) is 4. The Bertz CT molecular complexity index is 1160. The number of alkyl halides is 4. The molecule has 5 rings (SSSR count). The van der Waals surface area contributed by atoms with E-state index >= 15 is 0 Å². The van der Waals surface area contributed by atoms with Crippen LogP contribution in [0.5, 0.6) is 5.75 Å². The first-order valence-corrected chi connectivity index (χ1v) is 14.0. The van der Waals surface area contributed by atoms with Crippen molar-refractivity contribution in [3.05, 3.63) is 52.8 Å². The number of anilines is 1. The highest BCUT2D eigenvalue weighted by atomic mass is 19.4. The number of pyridine rings is 1. The van der Waals surface area contributed by atoms with Crippen molar-refractivity contribution in [3.63, 3.8) is 0 Å². The van der Waals surface area contributed by atoms with Gasteiger partial charge < -0.3 is 15.2 Å². The van der Waals surface area contributed by atoms with Crippen molar-refractivity contribution < 1.29 is 27.0 Å². The second-order valence-corrected chi connectivity index (χ2v) is 11.0. The van der Waals surface area contributed by atoms with Crippen LogP contribution in [-0.2, 0) is 11.2 Å². The van der Waals surface area contributed by atoms with Crippen LogP contribution >= 0.6 is 0 Å². The van der Waals surface area contributed by atoms with Crippen LogP contribution in [0.3, 0.4) is 0 Å². The zero-order valence-electron chi connectivity index (χ0n) is 22.7. The van der Waals surface area contributed by atoms with Crippen LogP contribution in [-0.4, -0.2) is 85.5 Å². The molecule has 1 aromatic carbocycles. The molecule has 1 aromatic heterocycles. The lowest BCUT2D eigenvalue weighted by Crippen LogP contribution is -2.49. The number of aliphatic imine (C=N–C) groups is 1. The lowest BCUT2D eigenvalue weighted by Gasteiger charge is -2.42. The third-order valence-corrected chi connectivity index (χ3v) is 7.97. The third-order valence-electron chi connectivity index (χ3n) is 7.97. The predicted molar refractivity (Wildman–Crippen MR) is 145 cm³/mol. The standard InChI is InChI=1S/C29H37F4N5O2/c1-19-12-23-22(6-7-25(34)24(23)15-36-27-4-2-3-10-40-27)28(38(19)18-29(31,32)33)26-8-5-21(14-35-26)39-11-9-37-16-20(13-30)17-37/h5-8,14-15,19-20,27-28H,2-4,9-13,16-18,34H2,1H3/t19-,27?,28+/m1/s1. The molecule has 2 N–H and O–H groups in total. The zero-order valence-corrected chi connectivity index (χ0v) is 22.7. The summed E-state index contributed by atoms with van der Waals surface area (Å²) in [5.41, 5.74) is 9.76. The SMILES string of the molecule is C[C@@H]1Cc2c(ccc(N)c2C=NC2CCCCO2)[C@@H](c2ccc(OCCN3CC(CF)C3)cn2)N1CC(F)(F)F. The number of likely N-dealkylation sites (tertiary alicyclic amines) is 1. The molecule has 7 nitrogen and oxygen atoms in total. The maximum absolute atomic E-state index is 13.7. The number of aromatic nitrogens is 1. The fourth-order valence-corrected chi connectivity index (χ4v) is 5.85. The van der Waals surface area contributed by atoms with Gasteiger partial charge in [0.2, 0.25) is 0 Å². The van der Waals surface area contributed by atoms with E-state index in [9.17, 15) is 17.6 Å². The molecule has 0 amide bonds. The molecule has 218 valence electrons. The minimum Gasteiger partial charge on any atom is -0.491 e. The van der Waals surface area contributed by atoms with Gasteiger partial charge in [-0.2, -0.15) is 13.2 Å². The average molecular weight is 564 g/mol. The molecule has 0 aliphatic carbocycles. The fourth-order valence-electron chi connectivity index (χ4n) is 5.85. The van der Waals surface area contributed by atoms with Crippen molar-refractivity contribution in [1.82, 2.24) is 14.8 Å². The monoisotopic (exact) mass is 563 g/mol. The summed E-state index contributed by atoms with van der Waals surface area (Å²) < 4.78 is 65.4. The lowest BCUT2D eigenvalue weighted by molar-refractivity contribution is -0.155. The number of nitrogens with two attached hydrogens (primary N) is 1. The summed E-state index contributed by atoms with van der Waals surface area (Å²) in [7, 11) is 0. The van der Waals surface area contributed by atoms with E-state index in [0.29, 0.717) is 43.3 Å². The molecule has 1 unspecified atom stereocenters. The highest BCUT2D eigenvalue weighted by molar-refractivity contribution is 5.90. The molecule has 0 bridgehead atoms. The first-order valence-electron chi connectivity index (χ1n) is 14.0. The molecule has 2 aromatic rings. The van der Waals surface area contributed by atoms with Gasteiger partial charge >= 0.3 is 6.18 Å². The van der Waals surface area contributed by atoms with Crippen molar-refractivity contribution in [2.45, 2.75) is 57.1 Å². The highest BCUT2D eigenvalue weighted by Crippen LogP contribution is 2.41. The van der Waals surface area contributed by atoms with Gasteiger partial charge in [0, 0.05) is 55.7 Å². The van der Waals surface area contributed by atoms with Gasteiger partial charge in [0.05, 0.1) is 31.2 Å². The number of ether oxygens (including phenoxy) is 2. The second kappa shape index (κ2) is 12.4. The molecule has 0 spiro atoms. The van der Waals surface area contributed by atoms with Crippen LogP contribution in [0.25, 0.3) is 0 Å². The summed E-state index contributed by atoms with van der Waals surface area (Å²) in [5.74, 6) is 0.652. The number of hydrogen-bond donors (Lipinski definition) is 1. The van der Waals surface area contributed by atoms with Gasteiger partial charge in [-0.25, -0.2) is 0 Å². The van der Waals surface area contributed by atoms with Crippen LogP contribution in [0, 0.1) is 5.92 Å². The Labute approximate surface area is 232 Å². The third kappa shape index (κ3) is 6.75. The van der Waals surface area contributed by atoms with E-state index in [0.717, 1.165) is 49.0 Å². The van der Waals surface area contributed by atoms with Gasteiger partial charge in [0.1, 0.15) is 18.6 Å². The smallest absolute Gasteiger partial charge is 0.401 e. The molecule has 3 aliphatic rings. The van der Waals surface area contributed by atoms with E-state index in [1.165, 1.54) is 4.90 Å². The van der Waals surface area contributed by atoms with Crippen molar-refractivity contribution >= 4 is 11.9 Å². The van der Waals surface area contributed by atoms with Gasteiger partial charge in [0.15, 0.2) is 0 Å². The van der Waals surface area contributed by atoms with E-state index in [2.05, 4.69) is 14.9 Å². The molecular weight excluding hydrogens is 526 g/mol. The maximum atomic E-state index is 13.7. The number of halogens is 4. The fraction of sp³-hybridized carbons (Fsp3) is 0.586. The maximum Gasteiger partial charge on any atom is 0.401 e. The first kappa shape index (κ1) is 28.8. The summed E-state index contributed by atoms with van der Waals surface area (Å²) >= 11 is 0. The summed E-state index contributed by atoms with van der Waals surface area (Å²) in [6.45, 7) is 3.69. The van der Waals surface area contributed by atoms with Crippen LogP contribution in [0.2, 0.25) is 0 Å². The number of benzene rings is 1. The van der Waals surface area contributed by atoms with Gasteiger partial charge in [-0.05, 0) is 61.9 Å². The molecule has 3 aliphatic heterocycles. The van der Waals surface area contributed by atoms with Crippen molar-refractivity contribution in [2.24, 2.45) is 10.9 Å². The van der Waals surface area contributed by atoms with Crippen LogP contribution in [0.1, 0.15) is 54.6 Å². The molecule has 40 heavy (non-hydrogen) atoms. The largest absolute Gasteiger partial charge is 0.491 e. The quantitative estimate of drug-likeness (QED) is 0.269. The topological polar surface area (TPSA) is 76.2 Å². The molecule has 11 heteroatoms.